The van der Waals surface area contributed by atoms with Gasteiger partial charge in [-0.1, -0.05) is 12.2 Å². The van der Waals surface area contributed by atoms with Gasteiger partial charge in [-0.2, -0.15) is 26.3 Å². The van der Waals surface area contributed by atoms with E-state index in [1.165, 1.54) is 0 Å². The van der Waals surface area contributed by atoms with Crippen LogP contribution in [0.1, 0.15) is 0 Å². The Bertz CT molecular complexity index is 284. The molecule has 0 radical (unpaired) electrons. The topological polar surface area (TPSA) is 9.23 Å². The fourth-order valence-corrected chi connectivity index (χ4v) is 1.37. The smallest absolute Gasteiger partial charge is 0.363 e. The van der Waals surface area contributed by atoms with E-state index in [0.29, 0.717) is 12.2 Å². The van der Waals surface area contributed by atoms with Crippen molar-refractivity contribution in [1.29, 1.82) is 0 Å². The van der Waals surface area contributed by atoms with E-state index in [0.717, 1.165) is 0 Å². The molecule has 0 aliphatic rings. The molecule has 0 N–H and O–H groups in total. The fraction of sp³-hybridized carbons (Fsp3) is 0.600. The highest BCUT2D eigenvalue weighted by Gasteiger charge is 2.47. The van der Waals surface area contributed by atoms with Gasteiger partial charge in [-0.3, -0.25) is 0 Å². The summed E-state index contributed by atoms with van der Waals surface area (Å²) in [6.07, 6.45) is -12.2. The highest BCUT2D eigenvalue weighted by atomic mass is 35.5. The van der Waals surface area contributed by atoms with Gasteiger partial charge >= 0.3 is 12.4 Å². The first-order valence-corrected chi connectivity index (χ1v) is 5.64. The summed E-state index contributed by atoms with van der Waals surface area (Å²) < 4.78 is 78.6. The zero-order chi connectivity index (χ0) is 15.4. The SMILES string of the molecule is C=CC(OC(C=C)C(Cl)C(F)(F)F)C(Cl)C(F)(F)F. The quantitative estimate of drug-likeness (QED) is 0.397. The van der Waals surface area contributed by atoms with Crippen LogP contribution < -0.4 is 0 Å². The van der Waals surface area contributed by atoms with Crippen LogP contribution in [0.15, 0.2) is 25.3 Å². The first kappa shape index (κ1) is 18.6. The molecule has 0 aliphatic heterocycles. The average molecular weight is 331 g/mol. The zero-order valence-corrected chi connectivity index (χ0v) is 10.8. The average Bonchev–Trinajstić information content (AvgIpc) is 2.26. The third kappa shape index (κ3) is 5.62. The molecule has 19 heavy (non-hydrogen) atoms. The first-order chi connectivity index (χ1) is 8.45. The Hall–Kier alpha value is -0.400. The molecule has 4 unspecified atom stereocenters. The van der Waals surface area contributed by atoms with Crippen molar-refractivity contribution in [2.75, 3.05) is 0 Å². The number of halogens is 8. The van der Waals surface area contributed by atoms with Crippen molar-refractivity contribution in [3.8, 4) is 0 Å². The molecule has 0 spiro atoms. The van der Waals surface area contributed by atoms with Crippen LogP contribution in [0, 0.1) is 0 Å². The molecule has 0 aliphatic carbocycles. The number of alkyl halides is 8. The maximum Gasteiger partial charge on any atom is 0.407 e. The predicted octanol–water partition coefficient (Wildman–Crippen LogP) is 4.45. The van der Waals surface area contributed by atoms with Crippen molar-refractivity contribution in [3.63, 3.8) is 0 Å². The molecule has 0 saturated heterocycles. The van der Waals surface area contributed by atoms with E-state index in [1.54, 1.807) is 0 Å². The lowest BCUT2D eigenvalue weighted by Gasteiger charge is -2.28. The molecule has 0 aromatic rings. The van der Waals surface area contributed by atoms with Gasteiger partial charge in [0.15, 0.2) is 10.8 Å². The molecule has 9 heteroatoms. The molecule has 0 aromatic heterocycles. The van der Waals surface area contributed by atoms with Crippen LogP contribution in [0.5, 0.6) is 0 Å². The highest BCUT2D eigenvalue weighted by Crippen LogP contribution is 2.33. The number of rotatable bonds is 6. The Balaban J connectivity index is 4.95. The summed E-state index contributed by atoms with van der Waals surface area (Å²) in [4.78, 5) is 0. The van der Waals surface area contributed by atoms with E-state index >= 15 is 0 Å². The maximum absolute atomic E-state index is 12.3. The number of ether oxygens (including phenoxy) is 1. The van der Waals surface area contributed by atoms with E-state index < -0.39 is 35.3 Å². The molecular formula is C10H10Cl2F6O. The van der Waals surface area contributed by atoms with Crippen molar-refractivity contribution < 1.29 is 31.1 Å². The van der Waals surface area contributed by atoms with Crippen LogP contribution in [0.3, 0.4) is 0 Å². The van der Waals surface area contributed by atoms with Crippen molar-refractivity contribution in [1.82, 2.24) is 0 Å². The Labute approximate surface area is 115 Å². The van der Waals surface area contributed by atoms with Gasteiger partial charge in [-0.15, -0.1) is 36.4 Å². The molecular weight excluding hydrogens is 321 g/mol. The van der Waals surface area contributed by atoms with Gasteiger partial charge in [0.25, 0.3) is 0 Å². The van der Waals surface area contributed by atoms with Gasteiger partial charge in [0.2, 0.25) is 0 Å². The standard InChI is InChI=1S/C10H10Cl2F6O/c1-3-5(7(11)9(13,14)15)19-6(4-2)8(12)10(16,17)18/h3-8H,1-2H2. The fourth-order valence-electron chi connectivity index (χ4n) is 1.04. The van der Waals surface area contributed by atoms with E-state index in [4.69, 9.17) is 23.2 Å². The van der Waals surface area contributed by atoms with Crippen LogP contribution >= 0.6 is 23.2 Å². The van der Waals surface area contributed by atoms with Gasteiger partial charge in [0.1, 0.15) is 12.2 Å². The van der Waals surface area contributed by atoms with Crippen molar-refractivity contribution in [2.24, 2.45) is 0 Å². The normalized spacial score (nSPS) is 19.4. The minimum atomic E-state index is -4.85. The molecule has 0 fully saturated rings. The maximum atomic E-state index is 12.3. The summed E-state index contributed by atoms with van der Waals surface area (Å²) in [5.74, 6) is 0. The molecule has 0 bridgehead atoms. The van der Waals surface area contributed by atoms with Gasteiger partial charge < -0.3 is 4.74 Å². The summed E-state index contributed by atoms with van der Waals surface area (Å²) >= 11 is 10.1. The molecule has 0 heterocycles. The molecule has 112 valence electrons. The van der Waals surface area contributed by atoms with Crippen LogP contribution in [-0.4, -0.2) is 35.3 Å². The zero-order valence-electron chi connectivity index (χ0n) is 9.31. The molecule has 0 amide bonds. The second-order valence-corrected chi connectivity index (χ2v) is 4.36. The second-order valence-electron chi connectivity index (χ2n) is 3.42. The molecule has 4 atom stereocenters. The molecule has 0 saturated carbocycles. The van der Waals surface area contributed by atoms with Gasteiger partial charge in [0, 0.05) is 0 Å². The van der Waals surface area contributed by atoms with Gasteiger partial charge in [0.05, 0.1) is 0 Å². The van der Waals surface area contributed by atoms with Crippen molar-refractivity contribution in [3.05, 3.63) is 25.3 Å². The lowest BCUT2D eigenvalue weighted by atomic mass is 10.2. The summed E-state index contributed by atoms with van der Waals surface area (Å²) in [5, 5.41) is -5.07. The van der Waals surface area contributed by atoms with Gasteiger partial charge in [-0.25, -0.2) is 0 Å². The largest absolute Gasteiger partial charge is 0.407 e. The molecule has 1 nitrogen and oxygen atoms in total. The van der Waals surface area contributed by atoms with Crippen LogP contribution in [-0.2, 0) is 4.74 Å². The van der Waals surface area contributed by atoms with Crippen LogP contribution in [0.2, 0.25) is 0 Å². The predicted molar refractivity (Wildman–Crippen MR) is 60.4 cm³/mol. The van der Waals surface area contributed by atoms with Crippen LogP contribution in [0.25, 0.3) is 0 Å². The minimum Gasteiger partial charge on any atom is -0.363 e. The Morgan fingerprint density at radius 2 is 1.05 bits per heavy atom. The number of hydrogen-bond donors (Lipinski definition) is 0. The van der Waals surface area contributed by atoms with E-state index in [2.05, 4.69) is 17.9 Å². The Morgan fingerprint density at radius 1 is 0.789 bits per heavy atom. The summed E-state index contributed by atoms with van der Waals surface area (Å²) in [5.41, 5.74) is 0. The van der Waals surface area contributed by atoms with Crippen molar-refractivity contribution in [2.45, 2.75) is 35.3 Å². The van der Waals surface area contributed by atoms with Gasteiger partial charge in [-0.05, 0) is 0 Å². The Morgan fingerprint density at radius 3 is 1.21 bits per heavy atom. The van der Waals surface area contributed by atoms with Crippen LogP contribution in [0.4, 0.5) is 26.3 Å². The lowest BCUT2D eigenvalue weighted by Crippen LogP contribution is -2.43. The lowest BCUT2D eigenvalue weighted by molar-refractivity contribution is -0.171. The van der Waals surface area contributed by atoms with E-state index in [-0.39, 0.29) is 0 Å². The molecule has 0 rings (SSSR count). The van der Waals surface area contributed by atoms with E-state index in [1.807, 2.05) is 0 Å². The summed E-state index contributed by atoms with van der Waals surface area (Å²) in [6, 6.07) is 0. The monoisotopic (exact) mass is 330 g/mol. The molecule has 0 aromatic carbocycles. The summed E-state index contributed by atoms with van der Waals surface area (Å²) in [7, 11) is 0. The first-order valence-electron chi connectivity index (χ1n) is 4.77. The minimum absolute atomic E-state index is 0.654. The van der Waals surface area contributed by atoms with E-state index in [9.17, 15) is 26.3 Å². The number of hydrogen-bond acceptors (Lipinski definition) is 1. The third-order valence-corrected chi connectivity index (χ3v) is 2.97. The Kier molecular flexibility index (Phi) is 6.71. The second kappa shape index (κ2) is 6.85. The third-order valence-electron chi connectivity index (χ3n) is 1.98. The van der Waals surface area contributed by atoms with Crippen molar-refractivity contribution >= 4 is 23.2 Å². The highest BCUT2D eigenvalue weighted by molar-refractivity contribution is 6.22. The summed E-state index contributed by atoms with van der Waals surface area (Å²) in [6.45, 7) is 6.07.